The van der Waals surface area contributed by atoms with Gasteiger partial charge in [0.25, 0.3) is 0 Å². The second-order valence-electron chi connectivity index (χ2n) is 10.6. The SMILES string of the molecule is Cc1cnc(Nc2ccc(N3CCN(C)CC3)cc2)nc1-c1ccc(NC(=O)CC(C)(C)C)cc1. The highest BCUT2D eigenvalue weighted by Gasteiger charge is 2.16. The van der Waals surface area contributed by atoms with Crippen LogP contribution in [0.25, 0.3) is 11.3 Å². The van der Waals surface area contributed by atoms with Crippen molar-refractivity contribution in [2.24, 2.45) is 5.41 Å². The normalized spacial score (nSPS) is 14.6. The van der Waals surface area contributed by atoms with Crippen LogP contribution in [0, 0.1) is 12.3 Å². The molecular weight excluding hydrogens is 436 g/mol. The molecule has 4 rings (SSSR count). The third-order valence-electron chi connectivity index (χ3n) is 6.10. The highest BCUT2D eigenvalue weighted by Crippen LogP contribution is 2.26. The number of hydrogen-bond acceptors (Lipinski definition) is 6. The lowest BCUT2D eigenvalue weighted by Crippen LogP contribution is -2.44. The van der Waals surface area contributed by atoms with Crippen LogP contribution in [0.15, 0.2) is 54.7 Å². The molecule has 0 spiro atoms. The van der Waals surface area contributed by atoms with Gasteiger partial charge in [0.2, 0.25) is 11.9 Å². The Labute approximate surface area is 208 Å². The molecule has 0 radical (unpaired) electrons. The number of rotatable bonds is 6. The Kier molecular flexibility index (Phi) is 7.36. The van der Waals surface area contributed by atoms with Crippen molar-refractivity contribution in [1.82, 2.24) is 14.9 Å². The van der Waals surface area contributed by atoms with Crippen molar-refractivity contribution < 1.29 is 4.79 Å². The highest BCUT2D eigenvalue weighted by molar-refractivity contribution is 5.91. The number of aromatic nitrogens is 2. The molecule has 0 unspecified atom stereocenters. The van der Waals surface area contributed by atoms with Crippen LogP contribution in [-0.4, -0.2) is 54.0 Å². The van der Waals surface area contributed by atoms with E-state index in [1.165, 1.54) is 5.69 Å². The highest BCUT2D eigenvalue weighted by atomic mass is 16.1. The topological polar surface area (TPSA) is 73.4 Å². The van der Waals surface area contributed by atoms with Crippen LogP contribution in [0.1, 0.15) is 32.8 Å². The van der Waals surface area contributed by atoms with Gasteiger partial charge in [0.1, 0.15) is 0 Å². The fourth-order valence-electron chi connectivity index (χ4n) is 4.14. The molecule has 2 heterocycles. The molecule has 1 aromatic heterocycles. The summed E-state index contributed by atoms with van der Waals surface area (Å²) in [5.74, 6) is 0.578. The van der Waals surface area contributed by atoms with Gasteiger partial charge in [0.15, 0.2) is 0 Å². The second kappa shape index (κ2) is 10.4. The predicted molar refractivity (Wildman–Crippen MR) is 144 cm³/mol. The molecule has 7 heteroatoms. The number of aryl methyl sites for hydroxylation is 1. The summed E-state index contributed by atoms with van der Waals surface area (Å²) < 4.78 is 0. The number of carbonyl (C=O) groups is 1. The van der Waals surface area contributed by atoms with E-state index in [9.17, 15) is 4.79 Å². The maximum Gasteiger partial charge on any atom is 0.227 e. The molecule has 7 nitrogen and oxygen atoms in total. The van der Waals surface area contributed by atoms with E-state index < -0.39 is 0 Å². The molecule has 184 valence electrons. The smallest absolute Gasteiger partial charge is 0.227 e. The predicted octanol–water partition coefficient (Wildman–Crippen LogP) is 5.32. The molecule has 0 saturated carbocycles. The molecule has 1 fully saturated rings. The number of benzene rings is 2. The molecule has 1 saturated heterocycles. The fraction of sp³-hybridized carbons (Fsp3) is 0.393. The van der Waals surface area contributed by atoms with E-state index in [1.807, 2.05) is 37.4 Å². The Bertz CT molecular complexity index is 1140. The summed E-state index contributed by atoms with van der Waals surface area (Å²) in [7, 11) is 2.17. The number of nitrogens with one attached hydrogen (secondary N) is 2. The van der Waals surface area contributed by atoms with Crippen LogP contribution in [0.2, 0.25) is 0 Å². The molecule has 0 bridgehead atoms. The van der Waals surface area contributed by atoms with Gasteiger partial charge in [-0.3, -0.25) is 4.79 Å². The summed E-state index contributed by atoms with van der Waals surface area (Å²) in [6.45, 7) is 12.4. The molecular formula is C28H36N6O. The molecule has 1 aliphatic rings. The summed E-state index contributed by atoms with van der Waals surface area (Å²) in [5, 5.41) is 6.31. The maximum absolute atomic E-state index is 12.2. The van der Waals surface area contributed by atoms with Crippen LogP contribution < -0.4 is 15.5 Å². The van der Waals surface area contributed by atoms with Crippen molar-refractivity contribution in [3.63, 3.8) is 0 Å². The number of hydrogen-bond donors (Lipinski definition) is 2. The lowest BCUT2D eigenvalue weighted by Gasteiger charge is -2.34. The van der Waals surface area contributed by atoms with E-state index in [1.54, 1.807) is 0 Å². The molecule has 0 aliphatic carbocycles. The Balaban J connectivity index is 1.43. The first-order valence-electron chi connectivity index (χ1n) is 12.2. The Morgan fingerprint density at radius 3 is 2.20 bits per heavy atom. The molecule has 1 aliphatic heterocycles. The zero-order valence-electron chi connectivity index (χ0n) is 21.4. The van der Waals surface area contributed by atoms with Crippen LogP contribution in [0.5, 0.6) is 0 Å². The molecule has 0 atom stereocenters. The van der Waals surface area contributed by atoms with E-state index >= 15 is 0 Å². The number of nitrogens with zero attached hydrogens (tertiary/aromatic N) is 4. The summed E-state index contributed by atoms with van der Waals surface area (Å²) >= 11 is 0. The summed E-state index contributed by atoms with van der Waals surface area (Å²) in [6.07, 6.45) is 2.31. The van der Waals surface area contributed by atoms with Gasteiger partial charge in [-0.1, -0.05) is 32.9 Å². The first-order valence-corrected chi connectivity index (χ1v) is 12.2. The third-order valence-corrected chi connectivity index (χ3v) is 6.10. The van der Waals surface area contributed by atoms with Gasteiger partial charge in [-0.05, 0) is 61.3 Å². The molecule has 1 amide bonds. The largest absolute Gasteiger partial charge is 0.369 e. The minimum atomic E-state index is -0.0452. The van der Waals surface area contributed by atoms with Gasteiger partial charge in [-0.25, -0.2) is 9.97 Å². The number of anilines is 4. The summed E-state index contributed by atoms with van der Waals surface area (Å²) in [6, 6.07) is 16.2. The number of amides is 1. The monoisotopic (exact) mass is 472 g/mol. The van der Waals surface area contributed by atoms with Gasteiger partial charge < -0.3 is 20.4 Å². The van der Waals surface area contributed by atoms with Crippen LogP contribution >= 0.6 is 0 Å². The van der Waals surface area contributed by atoms with E-state index in [-0.39, 0.29) is 11.3 Å². The fourth-order valence-corrected chi connectivity index (χ4v) is 4.14. The van der Waals surface area contributed by atoms with Gasteiger partial charge in [0.05, 0.1) is 5.69 Å². The average Bonchev–Trinajstić information content (AvgIpc) is 2.81. The minimum absolute atomic E-state index is 0.0218. The standard InChI is InChI=1S/C28H36N6O/c1-20-19-29-27(31-23-10-12-24(13-11-23)34-16-14-33(5)15-17-34)32-26(20)21-6-8-22(9-7-21)30-25(35)18-28(2,3)4/h6-13,19H,14-18H2,1-5H3,(H,30,35)(H,29,31,32). The van der Waals surface area contributed by atoms with E-state index in [0.717, 1.165) is 54.4 Å². The lowest BCUT2D eigenvalue weighted by molar-refractivity contribution is -0.117. The number of likely N-dealkylation sites (N-methyl/N-ethyl adjacent to an activating group) is 1. The van der Waals surface area contributed by atoms with Gasteiger partial charge in [-0.2, -0.15) is 0 Å². The van der Waals surface area contributed by atoms with Crippen LogP contribution in [-0.2, 0) is 4.79 Å². The average molecular weight is 473 g/mol. The van der Waals surface area contributed by atoms with Crippen molar-refractivity contribution >= 4 is 28.9 Å². The number of carbonyl (C=O) groups excluding carboxylic acids is 1. The number of piperazine rings is 1. The first kappa shape index (κ1) is 24.7. The molecule has 2 N–H and O–H groups in total. The third kappa shape index (κ3) is 6.79. The maximum atomic E-state index is 12.2. The van der Waals surface area contributed by atoms with Crippen molar-refractivity contribution in [3.05, 3.63) is 60.3 Å². The Morgan fingerprint density at radius 1 is 0.943 bits per heavy atom. The van der Waals surface area contributed by atoms with Gasteiger partial charge >= 0.3 is 0 Å². The Morgan fingerprint density at radius 2 is 1.57 bits per heavy atom. The molecule has 2 aromatic carbocycles. The first-order chi connectivity index (χ1) is 16.7. The zero-order valence-corrected chi connectivity index (χ0v) is 21.4. The second-order valence-corrected chi connectivity index (χ2v) is 10.6. The lowest BCUT2D eigenvalue weighted by atomic mass is 9.92. The summed E-state index contributed by atoms with van der Waals surface area (Å²) in [5.41, 5.74) is 5.77. The van der Waals surface area contributed by atoms with Crippen molar-refractivity contribution in [3.8, 4) is 11.3 Å². The van der Waals surface area contributed by atoms with E-state index in [0.29, 0.717) is 12.4 Å². The quantitative estimate of drug-likeness (QED) is 0.506. The Hall–Kier alpha value is -3.45. The van der Waals surface area contributed by atoms with Crippen molar-refractivity contribution in [1.29, 1.82) is 0 Å². The molecule has 35 heavy (non-hydrogen) atoms. The minimum Gasteiger partial charge on any atom is -0.369 e. The zero-order chi connectivity index (χ0) is 25.0. The van der Waals surface area contributed by atoms with Gasteiger partial charge in [-0.15, -0.1) is 0 Å². The van der Waals surface area contributed by atoms with E-state index in [2.05, 4.69) is 77.5 Å². The van der Waals surface area contributed by atoms with Gasteiger partial charge in [0, 0.05) is 61.4 Å². The van der Waals surface area contributed by atoms with Crippen LogP contribution in [0.3, 0.4) is 0 Å². The van der Waals surface area contributed by atoms with Crippen LogP contribution in [0.4, 0.5) is 23.0 Å². The van der Waals surface area contributed by atoms with Crippen molar-refractivity contribution in [2.45, 2.75) is 34.1 Å². The molecule has 3 aromatic rings. The van der Waals surface area contributed by atoms with Crippen molar-refractivity contribution in [2.75, 3.05) is 48.8 Å². The van der Waals surface area contributed by atoms with E-state index in [4.69, 9.17) is 4.98 Å². The summed E-state index contributed by atoms with van der Waals surface area (Å²) in [4.78, 5) is 26.3.